The topological polar surface area (TPSA) is 42.4 Å². The number of nitrogens with zero attached hydrogens (tertiary/aromatic N) is 1. The fraction of sp³-hybridized carbons (Fsp3) is 0.364. The number of benzene rings is 1. The smallest absolute Gasteiger partial charge is 0.167 e. The molecular weight excluding hydrogens is 309 g/mol. The molecule has 2 unspecified atom stereocenters. The van der Waals surface area contributed by atoms with Crippen molar-refractivity contribution in [2.75, 3.05) is 0 Å². The second kappa shape index (κ2) is 4.88. The number of fused-ring (bicyclic) bond motifs is 1. The molecule has 17 heavy (non-hydrogen) atoms. The largest absolute Gasteiger partial charge is 0.485 e. The summed E-state index contributed by atoms with van der Waals surface area (Å²) >= 11 is 4.66. The molecule has 6 heteroatoms. The predicted molar refractivity (Wildman–Crippen MR) is 69.0 cm³/mol. The lowest BCUT2D eigenvalue weighted by atomic mass is 10.2. The van der Waals surface area contributed by atoms with E-state index in [1.165, 1.54) is 17.4 Å². The van der Waals surface area contributed by atoms with Gasteiger partial charge < -0.3 is 9.84 Å². The summed E-state index contributed by atoms with van der Waals surface area (Å²) in [6.45, 7) is 3.29. The standard InChI is InChI=1S/C11H11BrFNO2S/c1-5(15)6(2)16-9-4-10-8(3-7(9)13)14-11(12)17-10/h3-6,15H,1-2H3. The summed E-state index contributed by atoms with van der Waals surface area (Å²) in [4.78, 5) is 4.12. The highest BCUT2D eigenvalue weighted by Gasteiger charge is 2.15. The maximum Gasteiger partial charge on any atom is 0.167 e. The normalized spacial score (nSPS) is 14.9. The van der Waals surface area contributed by atoms with E-state index in [1.807, 2.05) is 0 Å². The number of ether oxygens (including phenoxy) is 1. The van der Waals surface area contributed by atoms with E-state index < -0.39 is 18.0 Å². The van der Waals surface area contributed by atoms with E-state index >= 15 is 0 Å². The summed E-state index contributed by atoms with van der Waals surface area (Å²) in [6, 6.07) is 2.94. The molecule has 0 fully saturated rings. The molecule has 1 N–H and O–H groups in total. The van der Waals surface area contributed by atoms with Crippen molar-refractivity contribution >= 4 is 37.5 Å². The monoisotopic (exact) mass is 319 g/mol. The third-order valence-corrected chi connectivity index (χ3v) is 3.88. The Kier molecular flexibility index (Phi) is 3.65. The van der Waals surface area contributed by atoms with Crippen molar-refractivity contribution in [1.29, 1.82) is 0 Å². The van der Waals surface area contributed by atoms with Gasteiger partial charge in [-0.05, 0) is 29.8 Å². The van der Waals surface area contributed by atoms with Gasteiger partial charge in [-0.2, -0.15) is 0 Å². The molecule has 2 aromatic rings. The van der Waals surface area contributed by atoms with E-state index in [9.17, 15) is 9.50 Å². The van der Waals surface area contributed by atoms with Crippen LogP contribution in [0.3, 0.4) is 0 Å². The zero-order valence-corrected chi connectivity index (χ0v) is 11.7. The first kappa shape index (κ1) is 12.7. The van der Waals surface area contributed by atoms with Crippen LogP contribution in [0.5, 0.6) is 5.75 Å². The first-order chi connectivity index (χ1) is 7.97. The third kappa shape index (κ3) is 2.75. The number of aliphatic hydroxyl groups is 1. The third-order valence-electron chi connectivity index (χ3n) is 2.41. The zero-order valence-electron chi connectivity index (χ0n) is 9.28. The van der Waals surface area contributed by atoms with Crippen molar-refractivity contribution in [3.63, 3.8) is 0 Å². The van der Waals surface area contributed by atoms with Gasteiger partial charge >= 0.3 is 0 Å². The highest BCUT2D eigenvalue weighted by atomic mass is 79.9. The lowest BCUT2D eigenvalue weighted by Gasteiger charge is -2.17. The van der Waals surface area contributed by atoms with Crippen LogP contribution in [0.2, 0.25) is 0 Å². The van der Waals surface area contributed by atoms with Gasteiger partial charge in [0.25, 0.3) is 0 Å². The van der Waals surface area contributed by atoms with E-state index in [4.69, 9.17) is 4.74 Å². The van der Waals surface area contributed by atoms with Crippen molar-refractivity contribution in [2.24, 2.45) is 0 Å². The average molecular weight is 320 g/mol. The number of aromatic nitrogens is 1. The molecule has 3 nitrogen and oxygen atoms in total. The van der Waals surface area contributed by atoms with Crippen molar-refractivity contribution in [2.45, 2.75) is 26.1 Å². The first-order valence-corrected chi connectivity index (χ1v) is 6.68. The Morgan fingerprint density at radius 1 is 1.47 bits per heavy atom. The van der Waals surface area contributed by atoms with Gasteiger partial charge in [0.1, 0.15) is 6.10 Å². The quantitative estimate of drug-likeness (QED) is 0.943. The summed E-state index contributed by atoms with van der Waals surface area (Å²) < 4.78 is 20.6. The highest BCUT2D eigenvalue weighted by molar-refractivity contribution is 9.11. The Bertz CT molecular complexity index is 543. The number of hydrogen-bond donors (Lipinski definition) is 1. The van der Waals surface area contributed by atoms with Crippen LogP contribution in [0.1, 0.15) is 13.8 Å². The van der Waals surface area contributed by atoms with Crippen LogP contribution in [0.15, 0.2) is 16.0 Å². The summed E-state index contributed by atoms with van der Waals surface area (Å²) in [5.74, 6) is -0.329. The van der Waals surface area contributed by atoms with Gasteiger partial charge in [0.2, 0.25) is 0 Å². The molecule has 0 saturated carbocycles. The number of thiazole rings is 1. The van der Waals surface area contributed by atoms with Crippen LogP contribution in [-0.4, -0.2) is 22.3 Å². The minimum atomic E-state index is -0.654. The molecule has 0 radical (unpaired) electrons. The van der Waals surface area contributed by atoms with Crippen LogP contribution in [0, 0.1) is 5.82 Å². The van der Waals surface area contributed by atoms with Gasteiger partial charge in [-0.15, -0.1) is 11.3 Å². The summed E-state index contributed by atoms with van der Waals surface area (Å²) in [5.41, 5.74) is 0.594. The highest BCUT2D eigenvalue weighted by Crippen LogP contribution is 2.31. The Morgan fingerprint density at radius 3 is 2.82 bits per heavy atom. The summed E-state index contributed by atoms with van der Waals surface area (Å²) in [7, 11) is 0. The van der Waals surface area contributed by atoms with Gasteiger partial charge in [0, 0.05) is 12.1 Å². The maximum absolute atomic E-state index is 13.7. The molecule has 0 bridgehead atoms. The number of hydrogen-bond acceptors (Lipinski definition) is 4. The lowest BCUT2D eigenvalue weighted by Crippen LogP contribution is -2.25. The lowest BCUT2D eigenvalue weighted by molar-refractivity contribution is 0.0580. The molecule has 1 aromatic carbocycles. The Morgan fingerprint density at radius 2 is 2.18 bits per heavy atom. The van der Waals surface area contributed by atoms with E-state index in [1.54, 1.807) is 19.9 Å². The first-order valence-electron chi connectivity index (χ1n) is 5.07. The molecule has 0 saturated heterocycles. The SMILES string of the molecule is CC(O)C(C)Oc1cc2sc(Br)nc2cc1F. The van der Waals surface area contributed by atoms with Gasteiger partial charge in [-0.25, -0.2) is 9.37 Å². The van der Waals surface area contributed by atoms with Crippen molar-refractivity contribution in [3.05, 3.63) is 21.9 Å². The molecule has 0 aliphatic rings. The van der Waals surface area contributed by atoms with Crippen molar-refractivity contribution < 1.29 is 14.2 Å². The second-order valence-corrected chi connectivity index (χ2v) is 6.09. The minimum Gasteiger partial charge on any atom is -0.485 e. The van der Waals surface area contributed by atoms with Crippen LogP contribution in [0.4, 0.5) is 4.39 Å². The molecule has 2 atom stereocenters. The fourth-order valence-corrected chi connectivity index (χ4v) is 2.71. The van der Waals surface area contributed by atoms with Crippen LogP contribution in [-0.2, 0) is 0 Å². The van der Waals surface area contributed by atoms with Gasteiger partial charge in [0.15, 0.2) is 15.5 Å². The molecule has 1 heterocycles. The molecule has 92 valence electrons. The van der Waals surface area contributed by atoms with E-state index in [0.717, 1.165) is 4.70 Å². The van der Waals surface area contributed by atoms with E-state index in [-0.39, 0.29) is 5.75 Å². The van der Waals surface area contributed by atoms with E-state index in [2.05, 4.69) is 20.9 Å². The zero-order chi connectivity index (χ0) is 12.6. The summed E-state index contributed by atoms with van der Waals surface area (Å²) in [6.07, 6.45) is -1.11. The maximum atomic E-state index is 13.7. The molecule has 0 amide bonds. The molecule has 0 spiro atoms. The molecule has 0 aliphatic carbocycles. The molecule has 0 aliphatic heterocycles. The van der Waals surface area contributed by atoms with Crippen LogP contribution >= 0.6 is 27.3 Å². The minimum absolute atomic E-state index is 0.141. The van der Waals surface area contributed by atoms with Gasteiger partial charge in [-0.3, -0.25) is 0 Å². The predicted octanol–water partition coefficient (Wildman–Crippen LogP) is 3.35. The Hall–Kier alpha value is -0.720. The number of rotatable bonds is 3. The second-order valence-electron chi connectivity index (χ2n) is 3.78. The van der Waals surface area contributed by atoms with Gasteiger partial charge in [-0.1, -0.05) is 0 Å². The van der Waals surface area contributed by atoms with Crippen LogP contribution < -0.4 is 4.74 Å². The molecule has 2 rings (SSSR count). The number of halogens is 2. The number of aliphatic hydroxyl groups excluding tert-OH is 1. The molecular formula is C11H11BrFNO2S. The van der Waals surface area contributed by atoms with Crippen molar-refractivity contribution in [1.82, 2.24) is 4.98 Å². The Labute approximate surface area is 110 Å². The van der Waals surface area contributed by atoms with E-state index in [0.29, 0.717) is 9.43 Å². The van der Waals surface area contributed by atoms with Crippen molar-refractivity contribution in [3.8, 4) is 5.75 Å². The summed E-state index contributed by atoms with van der Waals surface area (Å²) in [5, 5.41) is 9.33. The average Bonchev–Trinajstić information content (AvgIpc) is 2.57. The molecule has 1 aromatic heterocycles. The fourth-order valence-electron chi connectivity index (χ4n) is 1.29. The van der Waals surface area contributed by atoms with Crippen LogP contribution in [0.25, 0.3) is 10.2 Å². The Balaban J connectivity index is 2.36. The van der Waals surface area contributed by atoms with Gasteiger partial charge in [0.05, 0.1) is 16.3 Å².